The molecule has 3 amide bonds. The van der Waals surface area contributed by atoms with Crippen molar-refractivity contribution < 1.29 is 18.8 Å². The topological polar surface area (TPSA) is 66.5 Å². The van der Waals surface area contributed by atoms with Crippen molar-refractivity contribution in [1.82, 2.24) is 0 Å². The van der Waals surface area contributed by atoms with Gasteiger partial charge in [-0.25, -0.2) is 9.29 Å². The molecule has 0 aliphatic carbocycles. The van der Waals surface area contributed by atoms with Crippen molar-refractivity contribution in [1.29, 1.82) is 0 Å². The first-order chi connectivity index (χ1) is 12.8. The van der Waals surface area contributed by atoms with Crippen LogP contribution in [0.25, 0.3) is 0 Å². The van der Waals surface area contributed by atoms with Gasteiger partial charge in [0.05, 0.1) is 16.7 Å². The number of nitrogens with zero attached hydrogens (tertiary/aromatic N) is 1. The number of carbonyl (C=O) groups excluding carboxylic acids is 3. The van der Waals surface area contributed by atoms with Crippen LogP contribution in [-0.4, -0.2) is 28.7 Å². The molecule has 0 saturated carbocycles. The zero-order chi connectivity index (χ0) is 19.6. The summed E-state index contributed by atoms with van der Waals surface area (Å²) in [6.07, 6.45) is 0.00448. The molecule has 3 rings (SSSR count). The second-order valence-corrected chi connectivity index (χ2v) is 7.66. The second kappa shape index (κ2) is 8.10. The Kier molecular flexibility index (Phi) is 5.82. The molecule has 2 aromatic rings. The van der Waals surface area contributed by atoms with Crippen molar-refractivity contribution in [3.63, 3.8) is 0 Å². The minimum absolute atomic E-state index is 0.00448. The number of hydrogen-bond acceptors (Lipinski definition) is 4. The monoisotopic (exact) mass is 406 g/mol. The van der Waals surface area contributed by atoms with Gasteiger partial charge in [-0.1, -0.05) is 17.7 Å². The molecule has 1 atom stereocenters. The molecule has 140 valence electrons. The zero-order valence-electron chi connectivity index (χ0n) is 14.4. The predicted molar refractivity (Wildman–Crippen MR) is 105 cm³/mol. The Balaban J connectivity index is 1.58. The van der Waals surface area contributed by atoms with E-state index in [1.807, 2.05) is 6.92 Å². The van der Waals surface area contributed by atoms with Gasteiger partial charge in [-0.15, -0.1) is 11.8 Å². The number of imide groups is 1. The molecule has 0 spiro atoms. The summed E-state index contributed by atoms with van der Waals surface area (Å²) >= 11 is 7.13. The Morgan fingerprint density at radius 1 is 1.26 bits per heavy atom. The number of benzene rings is 2. The molecule has 8 heteroatoms. The lowest BCUT2D eigenvalue weighted by atomic mass is 10.2. The van der Waals surface area contributed by atoms with Crippen molar-refractivity contribution in [2.75, 3.05) is 16.0 Å². The third kappa shape index (κ3) is 4.48. The maximum atomic E-state index is 13.0. The molecule has 27 heavy (non-hydrogen) atoms. The average molecular weight is 407 g/mol. The van der Waals surface area contributed by atoms with E-state index in [2.05, 4.69) is 5.32 Å². The van der Waals surface area contributed by atoms with Crippen molar-refractivity contribution in [3.8, 4) is 0 Å². The summed E-state index contributed by atoms with van der Waals surface area (Å²) in [4.78, 5) is 37.8. The zero-order valence-corrected chi connectivity index (χ0v) is 15.9. The van der Waals surface area contributed by atoms with E-state index in [9.17, 15) is 18.8 Å². The van der Waals surface area contributed by atoms with Gasteiger partial charge >= 0.3 is 0 Å². The second-order valence-electron chi connectivity index (χ2n) is 6.06. The maximum absolute atomic E-state index is 13.0. The molecule has 0 radical (unpaired) electrons. The number of hydrogen-bond donors (Lipinski definition) is 1. The molecule has 0 aromatic heterocycles. The first-order valence-electron chi connectivity index (χ1n) is 8.15. The summed E-state index contributed by atoms with van der Waals surface area (Å²) in [5.41, 5.74) is 1.80. The third-order valence-corrected chi connectivity index (χ3v) is 5.67. The van der Waals surface area contributed by atoms with Crippen LogP contribution in [0.5, 0.6) is 0 Å². The Labute approximate surface area is 164 Å². The maximum Gasteiger partial charge on any atom is 0.247 e. The largest absolute Gasteiger partial charge is 0.325 e. The molecule has 1 saturated heterocycles. The molecule has 1 N–H and O–H groups in total. The van der Waals surface area contributed by atoms with E-state index in [0.717, 1.165) is 22.2 Å². The first kappa shape index (κ1) is 19.4. The smallest absolute Gasteiger partial charge is 0.247 e. The van der Waals surface area contributed by atoms with Crippen molar-refractivity contribution >= 4 is 52.5 Å². The first-order valence-corrected chi connectivity index (χ1v) is 9.58. The number of thioether (sulfide) groups is 1. The minimum Gasteiger partial charge on any atom is -0.325 e. The standard InChI is InChI=1S/C19H16ClFN2O3S/c1-11-2-5-13(8-15(11)20)22-17(24)10-27-16-9-18(25)23(19(16)26)14-6-3-12(21)4-7-14/h2-8,16H,9-10H2,1H3,(H,22,24)/t16-/m1/s1. The van der Waals surface area contributed by atoms with Gasteiger partial charge in [-0.3, -0.25) is 14.4 Å². The molecule has 0 bridgehead atoms. The van der Waals surface area contributed by atoms with Gasteiger partial charge in [-0.05, 0) is 48.9 Å². The minimum atomic E-state index is -0.644. The third-order valence-electron chi connectivity index (χ3n) is 4.06. The van der Waals surface area contributed by atoms with E-state index in [-0.39, 0.29) is 24.0 Å². The lowest BCUT2D eigenvalue weighted by molar-refractivity contribution is -0.121. The Morgan fingerprint density at radius 3 is 2.63 bits per heavy atom. The molecular weight excluding hydrogens is 391 g/mol. The summed E-state index contributed by atoms with van der Waals surface area (Å²) in [5.74, 6) is -1.48. The van der Waals surface area contributed by atoms with Crippen LogP contribution in [0.3, 0.4) is 0 Å². The van der Waals surface area contributed by atoms with Crippen LogP contribution in [0.4, 0.5) is 15.8 Å². The van der Waals surface area contributed by atoms with Gasteiger partial charge in [0, 0.05) is 17.1 Å². The molecular formula is C19H16ClFN2O3S. The van der Waals surface area contributed by atoms with E-state index in [1.54, 1.807) is 18.2 Å². The van der Waals surface area contributed by atoms with Gasteiger partial charge in [0.1, 0.15) is 5.82 Å². The molecule has 1 aliphatic heterocycles. The average Bonchev–Trinajstić information content (AvgIpc) is 2.91. The molecule has 1 fully saturated rings. The molecule has 0 unspecified atom stereocenters. The van der Waals surface area contributed by atoms with Gasteiger partial charge in [0.15, 0.2) is 0 Å². The fourth-order valence-corrected chi connectivity index (χ4v) is 3.75. The van der Waals surface area contributed by atoms with Crippen LogP contribution < -0.4 is 10.2 Å². The van der Waals surface area contributed by atoms with Crippen molar-refractivity contribution in [2.45, 2.75) is 18.6 Å². The van der Waals surface area contributed by atoms with Crippen LogP contribution >= 0.6 is 23.4 Å². The van der Waals surface area contributed by atoms with E-state index in [4.69, 9.17) is 11.6 Å². The Bertz CT molecular complexity index is 904. The van der Waals surface area contributed by atoms with Crippen LogP contribution in [-0.2, 0) is 14.4 Å². The molecule has 1 heterocycles. The van der Waals surface area contributed by atoms with Crippen LogP contribution in [0, 0.1) is 12.7 Å². The molecule has 2 aromatic carbocycles. The normalized spacial score (nSPS) is 16.7. The SMILES string of the molecule is Cc1ccc(NC(=O)CS[C@@H]2CC(=O)N(c3ccc(F)cc3)C2=O)cc1Cl. The van der Waals surface area contributed by atoms with Crippen molar-refractivity contribution in [3.05, 3.63) is 58.9 Å². The number of halogens is 2. The number of rotatable bonds is 5. The summed E-state index contributed by atoms with van der Waals surface area (Å²) in [6, 6.07) is 10.3. The number of aryl methyl sites for hydroxylation is 1. The van der Waals surface area contributed by atoms with E-state index >= 15 is 0 Å². The number of amides is 3. The Morgan fingerprint density at radius 2 is 1.96 bits per heavy atom. The number of anilines is 2. The highest BCUT2D eigenvalue weighted by Gasteiger charge is 2.40. The van der Waals surface area contributed by atoms with Crippen LogP contribution in [0.2, 0.25) is 5.02 Å². The lowest BCUT2D eigenvalue weighted by Gasteiger charge is -2.14. The summed E-state index contributed by atoms with van der Waals surface area (Å²) in [5, 5.41) is 2.62. The summed E-state index contributed by atoms with van der Waals surface area (Å²) < 4.78 is 13.0. The quantitative estimate of drug-likeness (QED) is 0.767. The van der Waals surface area contributed by atoms with E-state index in [1.165, 1.54) is 24.3 Å². The van der Waals surface area contributed by atoms with Crippen molar-refractivity contribution in [2.24, 2.45) is 0 Å². The molecule has 1 aliphatic rings. The molecule has 5 nitrogen and oxygen atoms in total. The number of carbonyl (C=O) groups is 3. The van der Waals surface area contributed by atoms with E-state index < -0.39 is 17.0 Å². The fraction of sp³-hybridized carbons (Fsp3) is 0.211. The van der Waals surface area contributed by atoms with Gasteiger partial charge in [0.25, 0.3) is 0 Å². The fourth-order valence-electron chi connectivity index (χ4n) is 2.64. The lowest BCUT2D eigenvalue weighted by Crippen LogP contribution is -2.31. The highest BCUT2D eigenvalue weighted by atomic mass is 35.5. The van der Waals surface area contributed by atoms with Crippen LogP contribution in [0.15, 0.2) is 42.5 Å². The predicted octanol–water partition coefficient (Wildman–Crippen LogP) is 3.79. The highest BCUT2D eigenvalue weighted by Crippen LogP contribution is 2.30. The van der Waals surface area contributed by atoms with Gasteiger partial charge in [0.2, 0.25) is 17.7 Å². The highest BCUT2D eigenvalue weighted by molar-refractivity contribution is 8.01. The van der Waals surface area contributed by atoms with Crippen LogP contribution in [0.1, 0.15) is 12.0 Å². The van der Waals surface area contributed by atoms with Gasteiger partial charge in [-0.2, -0.15) is 0 Å². The van der Waals surface area contributed by atoms with Gasteiger partial charge < -0.3 is 5.32 Å². The van der Waals surface area contributed by atoms with E-state index in [0.29, 0.717) is 16.4 Å². The number of nitrogens with one attached hydrogen (secondary N) is 1. The Hall–Kier alpha value is -2.38. The summed E-state index contributed by atoms with van der Waals surface area (Å²) in [6.45, 7) is 1.86. The summed E-state index contributed by atoms with van der Waals surface area (Å²) in [7, 11) is 0.